The SMILES string of the molecule is c1ccc2cc(-c3nc(-n4c5ccccc5c5c6c7cccc(-c8ccc9c(c8)c8ccccc8n9-c8nc(-n9c%10ccccc%10c%10c%11c%12ccccc%12n%12c%13ccc%14ccccc%14c%13c(cc%109)c%11%12)nc9c8sc8ccccc89)c7n7c8ccc9ccccc9c8c(cc54)c67)nc4ccccc34)ccc2c1. The van der Waals surface area contributed by atoms with Crippen molar-refractivity contribution >= 4 is 216 Å². The summed E-state index contributed by atoms with van der Waals surface area (Å²) in [5.74, 6) is 2.10. The van der Waals surface area contributed by atoms with Crippen LogP contribution in [0.1, 0.15) is 0 Å². The van der Waals surface area contributed by atoms with Gasteiger partial charge < -0.3 is 8.80 Å². The molecule has 0 N–H and O–H groups in total. The van der Waals surface area contributed by atoms with Crippen molar-refractivity contribution in [1.29, 1.82) is 0 Å². The van der Waals surface area contributed by atoms with E-state index in [2.05, 4.69) is 332 Å². The second-order valence-corrected chi connectivity index (χ2v) is 29.8. The van der Waals surface area contributed by atoms with E-state index in [-0.39, 0.29) is 0 Å². The molecule has 106 heavy (non-hydrogen) atoms. The Morgan fingerprint density at radius 1 is 0.245 bits per heavy atom. The second-order valence-electron chi connectivity index (χ2n) is 28.7. The first kappa shape index (κ1) is 55.6. The molecule has 26 aromatic rings. The Hall–Kier alpha value is -14.1. The van der Waals surface area contributed by atoms with Crippen LogP contribution in [0.2, 0.25) is 0 Å². The molecule has 0 radical (unpaired) electrons. The monoisotopic (exact) mass is 1360 g/mol. The molecule has 0 fully saturated rings. The zero-order valence-electron chi connectivity index (χ0n) is 56.4. The van der Waals surface area contributed by atoms with Crippen molar-refractivity contribution in [3.05, 3.63) is 309 Å². The van der Waals surface area contributed by atoms with Crippen LogP contribution in [-0.4, -0.2) is 42.4 Å². The predicted octanol–water partition coefficient (Wildman–Crippen LogP) is 25.2. The molecule has 0 unspecified atom stereocenters. The molecule has 0 bridgehead atoms. The van der Waals surface area contributed by atoms with Gasteiger partial charge in [0, 0.05) is 102 Å². The van der Waals surface area contributed by atoms with Gasteiger partial charge in [0.05, 0.1) is 87.6 Å². The molecule has 0 spiro atoms. The third-order valence-corrected chi connectivity index (χ3v) is 24.6. The molecular formula is C96H51N9S. The smallest absolute Gasteiger partial charge is 0.237 e. The number of benzene rings is 16. The van der Waals surface area contributed by atoms with E-state index in [1.807, 2.05) is 0 Å². The summed E-state index contributed by atoms with van der Waals surface area (Å²) in [4.78, 5) is 23.0. The number of thiophene rings is 1. The summed E-state index contributed by atoms with van der Waals surface area (Å²) in [5, 5.41) is 26.0. The van der Waals surface area contributed by atoms with Gasteiger partial charge in [-0.2, -0.15) is 4.98 Å². The Bertz CT molecular complexity index is 8490. The van der Waals surface area contributed by atoms with Crippen LogP contribution in [-0.2, 0) is 0 Å². The third kappa shape index (κ3) is 6.99. The molecule has 0 amide bonds. The minimum Gasteiger partial charge on any atom is -0.308 e. The number of hydrogen-bond donors (Lipinski definition) is 0. The topological polar surface area (TPSA) is 75.2 Å². The first-order valence-electron chi connectivity index (χ1n) is 36.2. The molecule has 10 heterocycles. The molecule has 0 aliphatic heterocycles. The van der Waals surface area contributed by atoms with Gasteiger partial charge in [-0.3, -0.25) is 13.7 Å². The van der Waals surface area contributed by atoms with Crippen LogP contribution < -0.4 is 0 Å². The number of para-hydroxylation sites is 6. The summed E-state index contributed by atoms with van der Waals surface area (Å²) in [7, 11) is 0. The average molecular weight is 1360 g/mol. The number of fused-ring (bicyclic) bond motifs is 32. The molecule has 10 aromatic heterocycles. The van der Waals surface area contributed by atoms with Crippen molar-refractivity contribution in [3.63, 3.8) is 0 Å². The van der Waals surface area contributed by atoms with Gasteiger partial charge in [0.2, 0.25) is 11.9 Å². The van der Waals surface area contributed by atoms with Crippen molar-refractivity contribution in [2.45, 2.75) is 0 Å². The van der Waals surface area contributed by atoms with Crippen LogP contribution in [0, 0.1) is 0 Å². The van der Waals surface area contributed by atoms with Gasteiger partial charge in [0.15, 0.2) is 5.82 Å². The Morgan fingerprint density at radius 3 is 1.45 bits per heavy atom. The predicted molar refractivity (Wildman–Crippen MR) is 444 cm³/mol. The number of nitrogens with zero attached hydrogens (tertiary/aromatic N) is 9. The molecule has 0 aliphatic rings. The van der Waals surface area contributed by atoms with Gasteiger partial charge in [-0.05, 0) is 117 Å². The lowest BCUT2D eigenvalue weighted by atomic mass is 9.97. The summed E-state index contributed by atoms with van der Waals surface area (Å²) in [6, 6.07) is 114. The van der Waals surface area contributed by atoms with Crippen molar-refractivity contribution in [1.82, 2.24) is 42.4 Å². The van der Waals surface area contributed by atoms with Gasteiger partial charge in [-0.15, -0.1) is 11.3 Å². The van der Waals surface area contributed by atoms with E-state index in [0.29, 0.717) is 11.9 Å². The van der Waals surface area contributed by atoms with E-state index >= 15 is 0 Å². The Labute approximate surface area is 604 Å². The maximum Gasteiger partial charge on any atom is 0.237 e. The normalized spacial score (nSPS) is 12.7. The number of rotatable bonds is 5. The van der Waals surface area contributed by atoms with Crippen LogP contribution in [0.25, 0.3) is 245 Å². The van der Waals surface area contributed by atoms with Gasteiger partial charge >= 0.3 is 0 Å². The third-order valence-electron chi connectivity index (χ3n) is 23.5. The first-order valence-corrected chi connectivity index (χ1v) is 37.0. The van der Waals surface area contributed by atoms with Gasteiger partial charge in [0.25, 0.3) is 0 Å². The van der Waals surface area contributed by atoms with Crippen LogP contribution in [0.15, 0.2) is 309 Å². The summed E-state index contributed by atoms with van der Waals surface area (Å²) in [6.45, 7) is 0. The highest BCUT2D eigenvalue weighted by Crippen LogP contribution is 2.53. The van der Waals surface area contributed by atoms with Crippen molar-refractivity contribution in [3.8, 4) is 40.1 Å². The minimum atomic E-state index is 0.622. The fourth-order valence-corrected chi connectivity index (χ4v) is 20.3. The summed E-state index contributed by atoms with van der Waals surface area (Å²) in [5.41, 5.74) is 19.6. The highest BCUT2D eigenvalue weighted by atomic mass is 32.1. The van der Waals surface area contributed by atoms with E-state index in [1.165, 1.54) is 108 Å². The van der Waals surface area contributed by atoms with Crippen LogP contribution in [0.3, 0.4) is 0 Å². The van der Waals surface area contributed by atoms with E-state index in [1.54, 1.807) is 11.3 Å². The van der Waals surface area contributed by atoms with E-state index in [9.17, 15) is 0 Å². The highest BCUT2D eigenvalue weighted by Gasteiger charge is 2.31. The minimum absolute atomic E-state index is 0.622. The van der Waals surface area contributed by atoms with E-state index < -0.39 is 0 Å². The largest absolute Gasteiger partial charge is 0.308 e. The molecule has 486 valence electrons. The summed E-state index contributed by atoms with van der Waals surface area (Å²) in [6.07, 6.45) is 0. The summed E-state index contributed by atoms with van der Waals surface area (Å²) < 4.78 is 14.4. The molecular weight excluding hydrogens is 1310 g/mol. The second kappa shape index (κ2) is 20.0. The lowest BCUT2D eigenvalue weighted by Gasteiger charge is -2.13. The zero-order chi connectivity index (χ0) is 68.5. The molecule has 0 atom stereocenters. The molecule has 9 nitrogen and oxygen atoms in total. The fourth-order valence-electron chi connectivity index (χ4n) is 19.2. The lowest BCUT2D eigenvalue weighted by molar-refractivity contribution is 0.977. The van der Waals surface area contributed by atoms with Crippen LogP contribution >= 0.6 is 11.3 Å². The maximum absolute atomic E-state index is 6.01. The van der Waals surface area contributed by atoms with Crippen LogP contribution in [0.4, 0.5) is 0 Å². The maximum atomic E-state index is 6.01. The molecule has 16 aromatic carbocycles. The van der Waals surface area contributed by atoms with E-state index in [4.69, 9.17) is 19.9 Å². The number of aromatic nitrogens is 9. The Kier molecular flexibility index (Phi) is 10.5. The average Bonchev–Trinajstić information content (AvgIpc) is 1.51. The Balaban J connectivity index is 0.730. The molecule has 0 saturated carbocycles. The summed E-state index contributed by atoms with van der Waals surface area (Å²) >= 11 is 1.77. The molecule has 0 aliphatic carbocycles. The molecule has 26 rings (SSSR count). The number of hydrogen-bond acceptors (Lipinski definition) is 5. The van der Waals surface area contributed by atoms with E-state index in [0.717, 1.165) is 125 Å². The van der Waals surface area contributed by atoms with Crippen molar-refractivity contribution in [2.75, 3.05) is 0 Å². The van der Waals surface area contributed by atoms with Crippen LogP contribution in [0.5, 0.6) is 0 Å². The van der Waals surface area contributed by atoms with Gasteiger partial charge in [-0.25, -0.2) is 15.0 Å². The van der Waals surface area contributed by atoms with Crippen molar-refractivity contribution < 1.29 is 0 Å². The Morgan fingerprint density at radius 2 is 0.745 bits per heavy atom. The lowest BCUT2D eigenvalue weighted by Crippen LogP contribution is -2.06. The molecule has 10 heteroatoms. The quantitative estimate of drug-likeness (QED) is 0.172. The highest BCUT2D eigenvalue weighted by molar-refractivity contribution is 7.26. The zero-order valence-corrected chi connectivity index (χ0v) is 57.2. The van der Waals surface area contributed by atoms with Gasteiger partial charge in [0.1, 0.15) is 0 Å². The van der Waals surface area contributed by atoms with Crippen molar-refractivity contribution in [2.24, 2.45) is 0 Å². The fraction of sp³-hybridized carbons (Fsp3) is 0. The standard InChI is InChI=1S/C96H51N9S/c1-2-23-55-48-57(41-40-52(55)20-1)88-62-27-7-13-34-71(62)97-95(98-88)103-74-37-16-10-29-64(74)85-80(103)51-70-83-59-25-6-4-22-54(59)43-47-78(83)105-90-60(32-19-33-67(90)87(85)92(70)105)56-44-45-76-68(49-56)61-26-8-14-35-72(61)102(76)94-93-89(66-31-12-18-39-81(66)106-93)99-96(100-94)104-75-38-17-9-28-63(75)84-79(104)50-69-82-58-24-5-3-21-53(58)42-46-77(82)101-73-36-15-11-30-65(73)86(84)91(69)101/h1-51H. The first-order chi connectivity index (χ1) is 52.6. The molecule has 0 saturated heterocycles. The van der Waals surface area contributed by atoms with Gasteiger partial charge in [-0.1, -0.05) is 231 Å².